The van der Waals surface area contributed by atoms with Crippen LogP contribution in [0.25, 0.3) is 5.57 Å². The highest BCUT2D eigenvalue weighted by Crippen LogP contribution is 2.19. The molecule has 1 aromatic heterocycles. The number of hydrogen-bond acceptors (Lipinski definition) is 5. The van der Waals surface area contributed by atoms with E-state index in [1.165, 1.54) is 0 Å². The maximum Gasteiger partial charge on any atom is 0.155 e. The summed E-state index contributed by atoms with van der Waals surface area (Å²) in [6.07, 6.45) is 8.09. The van der Waals surface area contributed by atoms with Crippen molar-refractivity contribution >= 4 is 5.57 Å². The van der Waals surface area contributed by atoms with Gasteiger partial charge in [0.05, 0.1) is 25.1 Å². The number of rotatable bonds is 2. The van der Waals surface area contributed by atoms with Gasteiger partial charge in [0.2, 0.25) is 0 Å². The largest absolute Gasteiger partial charge is 0.494 e. The van der Waals surface area contributed by atoms with E-state index in [0.29, 0.717) is 5.75 Å². The van der Waals surface area contributed by atoms with Crippen LogP contribution in [0.1, 0.15) is 45.9 Å². The van der Waals surface area contributed by atoms with E-state index in [-0.39, 0.29) is 0 Å². The van der Waals surface area contributed by atoms with E-state index in [4.69, 9.17) is 9.99 Å². The van der Waals surface area contributed by atoms with E-state index in [9.17, 15) is 0 Å². The van der Waals surface area contributed by atoms with Crippen LogP contribution in [0.2, 0.25) is 0 Å². The van der Waals surface area contributed by atoms with Gasteiger partial charge in [-0.15, -0.1) is 5.92 Å². The molecule has 2 rings (SSSR count). The molecule has 0 radical (unpaired) electrons. The average Bonchev–Trinajstić information content (AvgIpc) is 2.76. The van der Waals surface area contributed by atoms with Crippen molar-refractivity contribution in [2.45, 2.75) is 45.6 Å². The standard InChI is InChI=1S/C12H12N2O.C4H10O2/c1-15-11-8-13-12(14-9-11)10-6-4-2-3-5-7-10;1-4(2,3)6-5/h6,8-9H,4-5,7H2,1H3;5H,1-3H3. The molecule has 0 aliphatic heterocycles. The third-order valence-corrected chi connectivity index (χ3v) is 2.52. The highest BCUT2D eigenvalue weighted by Gasteiger charge is 2.07. The predicted molar refractivity (Wildman–Crippen MR) is 81.7 cm³/mol. The summed E-state index contributed by atoms with van der Waals surface area (Å²) in [7, 11) is 1.61. The Balaban J connectivity index is 0.000000315. The number of methoxy groups -OCH3 is 1. The third kappa shape index (κ3) is 6.89. The van der Waals surface area contributed by atoms with Gasteiger partial charge in [-0.25, -0.2) is 14.9 Å². The van der Waals surface area contributed by atoms with Gasteiger partial charge in [0, 0.05) is 12.8 Å². The lowest BCUT2D eigenvalue weighted by molar-refractivity contribution is -0.306. The molecule has 1 heterocycles. The van der Waals surface area contributed by atoms with Gasteiger partial charge in [-0.2, -0.15) is 0 Å². The smallest absolute Gasteiger partial charge is 0.155 e. The summed E-state index contributed by atoms with van der Waals surface area (Å²) < 4.78 is 5.01. The molecule has 1 aliphatic rings. The second kappa shape index (κ2) is 8.40. The van der Waals surface area contributed by atoms with Gasteiger partial charge in [-0.3, -0.25) is 5.26 Å². The van der Waals surface area contributed by atoms with Crippen LogP contribution in [0, 0.1) is 11.8 Å². The van der Waals surface area contributed by atoms with Gasteiger partial charge >= 0.3 is 0 Å². The quantitative estimate of drug-likeness (QED) is 0.514. The van der Waals surface area contributed by atoms with Crippen molar-refractivity contribution in [2.75, 3.05) is 7.11 Å². The van der Waals surface area contributed by atoms with E-state index in [1.807, 2.05) is 0 Å². The number of nitrogens with zero attached hydrogens (tertiary/aromatic N) is 2. The molecule has 0 spiro atoms. The van der Waals surface area contributed by atoms with E-state index >= 15 is 0 Å². The summed E-state index contributed by atoms with van der Waals surface area (Å²) in [6, 6.07) is 0. The number of aromatic nitrogens is 2. The van der Waals surface area contributed by atoms with Crippen molar-refractivity contribution in [3.05, 3.63) is 24.3 Å². The lowest BCUT2D eigenvalue weighted by Crippen LogP contribution is -2.15. The first-order valence-electron chi connectivity index (χ1n) is 6.80. The minimum absolute atomic E-state index is 0.403. The lowest BCUT2D eigenvalue weighted by Gasteiger charge is -2.10. The number of allylic oxidation sites excluding steroid dienone is 2. The molecule has 5 nitrogen and oxygen atoms in total. The zero-order chi connectivity index (χ0) is 15.7. The number of hydrogen-bond donors (Lipinski definition) is 1. The minimum Gasteiger partial charge on any atom is -0.494 e. The van der Waals surface area contributed by atoms with Crippen LogP contribution < -0.4 is 4.74 Å². The van der Waals surface area contributed by atoms with Gasteiger partial charge in [0.25, 0.3) is 0 Å². The second-order valence-corrected chi connectivity index (χ2v) is 5.44. The molecule has 0 bridgehead atoms. The highest BCUT2D eigenvalue weighted by molar-refractivity contribution is 5.61. The third-order valence-electron chi connectivity index (χ3n) is 2.52. The van der Waals surface area contributed by atoms with Crippen molar-refractivity contribution in [3.63, 3.8) is 0 Å². The first kappa shape index (κ1) is 17.2. The maximum atomic E-state index is 7.90. The van der Waals surface area contributed by atoms with Crippen LogP contribution in [0.3, 0.4) is 0 Å². The fourth-order valence-electron chi connectivity index (χ4n) is 1.42. The lowest BCUT2D eigenvalue weighted by atomic mass is 10.1. The van der Waals surface area contributed by atoms with Crippen LogP contribution in [0.15, 0.2) is 18.5 Å². The first-order chi connectivity index (χ1) is 9.96. The van der Waals surface area contributed by atoms with Crippen LogP contribution in [-0.2, 0) is 4.89 Å². The van der Waals surface area contributed by atoms with Crippen molar-refractivity contribution in [2.24, 2.45) is 0 Å². The Kier molecular flexibility index (Phi) is 6.86. The second-order valence-electron chi connectivity index (χ2n) is 5.44. The summed E-state index contributed by atoms with van der Waals surface area (Å²) in [4.78, 5) is 12.4. The van der Waals surface area contributed by atoms with Crippen molar-refractivity contribution in [1.29, 1.82) is 0 Å². The van der Waals surface area contributed by atoms with Gasteiger partial charge in [-0.05, 0) is 32.8 Å². The topological polar surface area (TPSA) is 64.5 Å². The van der Waals surface area contributed by atoms with E-state index in [0.717, 1.165) is 30.7 Å². The predicted octanol–water partition coefficient (Wildman–Crippen LogP) is 3.33. The maximum absolute atomic E-state index is 7.90. The molecule has 114 valence electrons. The molecule has 0 unspecified atom stereocenters. The van der Waals surface area contributed by atoms with Gasteiger partial charge < -0.3 is 4.74 Å². The van der Waals surface area contributed by atoms with Crippen LogP contribution >= 0.6 is 0 Å². The molecule has 0 saturated carbocycles. The number of ether oxygens (including phenoxy) is 1. The summed E-state index contributed by atoms with van der Waals surface area (Å²) in [6.45, 7) is 5.31. The van der Waals surface area contributed by atoms with Crippen molar-refractivity contribution < 1.29 is 14.9 Å². The molecule has 1 N–H and O–H groups in total. The summed E-state index contributed by atoms with van der Waals surface area (Å²) in [5.74, 6) is 7.61. The van der Waals surface area contributed by atoms with Crippen LogP contribution in [-0.4, -0.2) is 27.9 Å². The van der Waals surface area contributed by atoms with E-state index < -0.39 is 5.60 Å². The fourth-order valence-corrected chi connectivity index (χ4v) is 1.42. The fraction of sp³-hybridized carbons (Fsp3) is 0.500. The molecule has 21 heavy (non-hydrogen) atoms. The SMILES string of the molecule is CC(C)(C)OO.COc1cnc(C2=CCC#CCC2)nc1. The van der Waals surface area contributed by atoms with Crippen LogP contribution in [0.4, 0.5) is 0 Å². The molecule has 5 heteroatoms. The van der Waals surface area contributed by atoms with Crippen LogP contribution in [0.5, 0.6) is 5.75 Å². The van der Waals surface area contributed by atoms with Crippen molar-refractivity contribution in [3.8, 4) is 17.6 Å². The molecule has 1 aliphatic carbocycles. The Morgan fingerprint density at radius 3 is 2.33 bits per heavy atom. The molecular weight excluding hydrogens is 268 g/mol. The summed E-state index contributed by atoms with van der Waals surface area (Å²) in [5, 5.41) is 7.90. The zero-order valence-corrected chi connectivity index (χ0v) is 13.0. The summed E-state index contributed by atoms with van der Waals surface area (Å²) >= 11 is 0. The highest BCUT2D eigenvalue weighted by atomic mass is 17.1. The molecule has 0 amide bonds. The molecule has 0 atom stereocenters. The van der Waals surface area contributed by atoms with Gasteiger partial charge in [0.15, 0.2) is 11.6 Å². The van der Waals surface area contributed by atoms with E-state index in [2.05, 4.69) is 32.8 Å². The van der Waals surface area contributed by atoms with Gasteiger partial charge in [0.1, 0.15) is 0 Å². The first-order valence-corrected chi connectivity index (χ1v) is 6.80. The average molecular weight is 290 g/mol. The Hall–Kier alpha value is -1.90. The molecule has 0 fully saturated rings. The Bertz CT molecular complexity index is 519. The minimum atomic E-state index is -0.403. The zero-order valence-electron chi connectivity index (χ0n) is 13.0. The van der Waals surface area contributed by atoms with Crippen molar-refractivity contribution in [1.82, 2.24) is 9.97 Å². The van der Waals surface area contributed by atoms with Gasteiger partial charge in [-0.1, -0.05) is 12.0 Å². The Morgan fingerprint density at radius 2 is 1.81 bits per heavy atom. The normalized spacial score (nSPS) is 13.9. The molecule has 0 saturated heterocycles. The summed E-state index contributed by atoms with van der Waals surface area (Å²) in [5.41, 5.74) is 0.759. The van der Waals surface area contributed by atoms with E-state index in [1.54, 1.807) is 40.3 Å². The Morgan fingerprint density at radius 1 is 1.19 bits per heavy atom. The Labute approximate surface area is 126 Å². The molecule has 1 aromatic rings. The monoisotopic (exact) mass is 290 g/mol. The molecular formula is C16H22N2O3. The molecule has 0 aromatic carbocycles.